The summed E-state index contributed by atoms with van der Waals surface area (Å²) in [6, 6.07) is -0.811. The van der Waals surface area contributed by atoms with Crippen LogP contribution in [-0.4, -0.2) is 47.0 Å². The number of rotatable bonds is 5. The topological polar surface area (TPSA) is 110 Å². The first-order valence-electron chi connectivity index (χ1n) is 6.78. The van der Waals surface area contributed by atoms with Gasteiger partial charge in [-0.2, -0.15) is 0 Å². The zero-order chi connectivity index (χ0) is 15.2. The maximum Gasteiger partial charge on any atom is 0.318 e. The molecule has 0 bridgehead atoms. The van der Waals surface area contributed by atoms with Gasteiger partial charge in [0, 0.05) is 31.5 Å². The zero-order valence-corrected chi connectivity index (χ0v) is 12.0. The van der Waals surface area contributed by atoms with Crippen LogP contribution in [0.5, 0.6) is 5.88 Å². The van der Waals surface area contributed by atoms with E-state index in [1.54, 1.807) is 7.11 Å². The number of hydrogen-bond donors (Lipinski definition) is 2. The minimum Gasteiger partial charge on any atom is -0.481 e. The van der Waals surface area contributed by atoms with Gasteiger partial charge in [-0.15, -0.1) is 0 Å². The highest BCUT2D eigenvalue weighted by molar-refractivity contribution is 5.93. The third-order valence-corrected chi connectivity index (χ3v) is 3.38. The van der Waals surface area contributed by atoms with Crippen molar-refractivity contribution in [1.82, 2.24) is 20.2 Å². The van der Waals surface area contributed by atoms with Gasteiger partial charge in [0.15, 0.2) is 0 Å². The highest BCUT2D eigenvalue weighted by Crippen LogP contribution is 2.24. The van der Waals surface area contributed by atoms with Crippen LogP contribution < -0.4 is 15.8 Å². The number of imide groups is 1. The summed E-state index contributed by atoms with van der Waals surface area (Å²) >= 11 is 0. The van der Waals surface area contributed by atoms with E-state index in [9.17, 15) is 9.59 Å². The van der Waals surface area contributed by atoms with Gasteiger partial charge < -0.3 is 10.5 Å². The van der Waals surface area contributed by atoms with Crippen molar-refractivity contribution in [2.24, 2.45) is 5.73 Å². The van der Waals surface area contributed by atoms with Crippen LogP contribution in [0, 0.1) is 0 Å². The van der Waals surface area contributed by atoms with Gasteiger partial charge in [-0.1, -0.05) is 0 Å². The van der Waals surface area contributed by atoms with Crippen molar-refractivity contribution in [3.8, 4) is 5.88 Å². The van der Waals surface area contributed by atoms with Crippen LogP contribution in [0.15, 0.2) is 6.33 Å². The van der Waals surface area contributed by atoms with Gasteiger partial charge in [0.1, 0.15) is 6.33 Å². The Hall–Kier alpha value is -2.22. The van der Waals surface area contributed by atoms with E-state index in [1.165, 1.54) is 6.33 Å². The second kappa shape index (κ2) is 6.98. The summed E-state index contributed by atoms with van der Waals surface area (Å²) in [5, 5.41) is 2.06. The normalized spacial score (nSPS) is 14.3. The Labute approximate surface area is 122 Å². The van der Waals surface area contributed by atoms with Crippen LogP contribution in [0.1, 0.15) is 24.1 Å². The maximum atomic E-state index is 11.3. The number of carbonyl (C=O) groups is 2. The molecule has 0 spiro atoms. The predicted octanol–water partition coefficient (Wildman–Crippen LogP) is -0.182. The molecule has 1 aromatic heterocycles. The quantitative estimate of drug-likeness (QED) is 0.779. The number of hydrogen-bond acceptors (Lipinski definition) is 6. The molecule has 3 N–H and O–H groups in total. The number of primary amides is 1. The average molecular weight is 293 g/mol. The molecule has 3 amide bonds. The van der Waals surface area contributed by atoms with Crippen LogP contribution in [0.25, 0.3) is 0 Å². The fourth-order valence-electron chi connectivity index (χ4n) is 2.40. The number of ether oxygens (including phenoxy) is 1. The first-order chi connectivity index (χ1) is 10.1. The molecule has 1 aliphatic rings. The second-order valence-electron chi connectivity index (χ2n) is 4.85. The van der Waals surface area contributed by atoms with Crippen molar-refractivity contribution in [2.75, 3.05) is 20.2 Å². The van der Waals surface area contributed by atoms with Gasteiger partial charge in [-0.25, -0.2) is 14.8 Å². The van der Waals surface area contributed by atoms with Gasteiger partial charge in [-0.3, -0.25) is 15.0 Å². The van der Waals surface area contributed by atoms with Crippen LogP contribution >= 0.6 is 0 Å². The van der Waals surface area contributed by atoms with Gasteiger partial charge in [-0.05, 0) is 13.0 Å². The van der Waals surface area contributed by atoms with E-state index in [4.69, 9.17) is 10.5 Å². The SMILES string of the molecule is COc1ncnc2c1CN(CCCC(=O)NC(N)=O)CC2. The summed E-state index contributed by atoms with van der Waals surface area (Å²) in [6.45, 7) is 2.34. The van der Waals surface area contributed by atoms with Gasteiger partial charge in [0.2, 0.25) is 11.8 Å². The summed E-state index contributed by atoms with van der Waals surface area (Å²) in [4.78, 5) is 32.5. The minimum absolute atomic E-state index is 0.273. The number of methoxy groups -OCH3 is 1. The zero-order valence-electron chi connectivity index (χ0n) is 12.0. The number of urea groups is 1. The van der Waals surface area contributed by atoms with E-state index in [2.05, 4.69) is 20.2 Å². The van der Waals surface area contributed by atoms with E-state index in [0.717, 1.165) is 30.8 Å². The Kier molecular flexibility index (Phi) is 5.04. The third kappa shape index (κ3) is 4.12. The van der Waals surface area contributed by atoms with E-state index in [-0.39, 0.29) is 12.3 Å². The predicted molar refractivity (Wildman–Crippen MR) is 74.5 cm³/mol. The monoisotopic (exact) mass is 293 g/mol. The molecule has 21 heavy (non-hydrogen) atoms. The number of aromatic nitrogens is 2. The average Bonchev–Trinajstić information content (AvgIpc) is 2.45. The van der Waals surface area contributed by atoms with Crippen molar-refractivity contribution in [1.29, 1.82) is 0 Å². The Morgan fingerprint density at radius 3 is 3.00 bits per heavy atom. The van der Waals surface area contributed by atoms with Crippen LogP contribution in [-0.2, 0) is 17.8 Å². The standard InChI is InChI=1S/C13H19N5O3/c1-21-12-9-7-18(6-4-10(9)15-8-16-12)5-2-3-11(19)17-13(14)20/h8H,2-7H2,1H3,(H3,14,17,19,20). The number of nitrogens with two attached hydrogens (primary N) is 1. The highest BCUT2D eigenvalue weighted by Gasteiger charge is 2.21. The fourth-order valence-corrected chi connectivity index (χ4v) is 2.40. The first kappa shape index (κ1) is 15.2. The number of carbonyl (C=O) groups excluding carboxylic acids is 2. The molecule has 0 radical (unpaired) electrons. The number of nitrogens with one attached hydrogen (secondary N) is 1. The summed E-state index contributed by atoms with van der Waals surface area (Å²) in [5.74, 6) is 0.261. The first-order valence-corrected chi connectivity index (χ1v) is 6.78. The lowest BCUT2D eigenvalue weighted by Crippen LogP contribution is -2.36. The molecule has 0 fully saturated rings. The largest absolute Gasteiger partial charge is 0.481 e. The Bertz CT molecular complexity index is 520. The number of fused-ring (bicyclic) bond motifs is 1. The molecular formula is C13H19N5O3. The van der Waals surface area contributed by atoms with E-state index >= 15 is 0 Å². The number of amides is 3. The second-order valence-corrected chi connectivity index (χ2v) is 4.85. The minimum atomic E-state index is -0.811. The highest BCUT2D eigenvalue weighted by atomic mass is 16.5. The molecule has 114 valence electrons. The molecule has 8 nitrogen and oxygen atoms in total. The Morgan fingerprint density at radius 2 is 2.29 bits per heavy atom. The van der Waals surface area contributed by atoms with Crippen LogP contribution in [0.3, 0.4) is 0 Å². The molecule has 0 saturated heterocycles. The van der Waals surface area contributed by atoms with Crippen LogP contribution in [0.2, 0.25) is 0 Å². The Morgan fingerprint density at radius 1 is 1.48 bits per heavy atom. The van der Waals surface area contributed by atoms with E-state index in [0.29, 0.717) is 18.8 Å². The molecule has 0 atom stereocenters. The maximum absolute atomic E-state index is 11.3. The van der Waals surface area contributed by atoms with Gasteiger partial charge in [0.05, 0.1) is 12.8 Å². The number of nitrogens with zero attached hydrogens (tertiary/aromatic N) is 3. The lowest BCUT2D eigenvalue weighted by atomic mass is 10.1. The van der Waals surface area contributed by atoms with Crippen molar-refractivity contribution in [3.05, 3.63) is 17.6 Å². The molecule has 0 saturated carbocycles. The fraction of sp³-hybridized carbons (Fsp3) is 0.538. The lowest BCUT2D eigenvalue weighted by molar-refractivity contribution is -0.120. The molecule has 2 heterocycles. The smallest absolute Gasteiger partial charge is 0.318 e. The molecule has 1 aromatic rings. The van der Waals surface area contributed by atoms with Crippen molar-refractivity contribution in [2.45, 2.75) is 25.8 Å². The molecular weight excluding hydrogens is 274 g/mol. The summed E-state index contributed by atoms with van der Waals surface area (Å²) < 4.78 is 5.25. The van der Waals surface area contributed by atoms with Crippen LogP contribution in [0.4, 0.5) is 4.79 Å². The molecule has 0 unspecified atom stereocenters. The van der Waals surface area contributed by atoms with E-state index < -0.39 is 6.03 Å². The van der Waals surface area contributed by atoms with E-state index in [1.807, 2.05) is 0 Å². The summed E-state index contributed by atoms with van der Waals surface area (Å²) in [7, 11) is 1.59. The summed E-state index contributed by atoms with van der Waals surface area (Å²) in [5.41, 5.74) is 6.91. The van der Waals surface area contributed by atoms with Gasteiger partial charge >= 0.3 is 6.03 Å². The molecule has 0 aliphatic carbocycles. The van der Waals surface area contributed by atoms with Crippen molar-refractivity contribution < 1.29 is 14.3 Å². The Balaban J connectivity index is 1.84. The third-order valence-electron chi connectivity index (χ3n) is 3.38. The molecule has 8 heteroatoms. The molecule has 0 aromatic carbocycles. The lowest BCUT2D eigenvalue weighted by Gasteiger charge is -2.28. The molecule has 1 aliphatic heterocycles. The summed E-state index contributed by atoms with van der Waals surface area (Å²) in [6.07, 6.45) is 3.28. The molecule has 2 rings (SSSR count). The van der Waals surface area contributed by atoms with Gasteiger partial charge in [0.25, 0.3) is 0 Å². The van der Waals surface area contributed by atoms with Crippen molar-refractivity contribution >= 4 is 11.9 Å². The van der Waals surface area contributed by atoms with Crippen molar-refractivity contribution in [3.63, 3.8) is 0 Å².